The van der Waals surface area contributed by atoms with E-state index in [-0.39, 0.29) is 31.2 Å². The van der Waals surface area contributed by atoms with E-state index < -0.39 is 85.2 Å². The Hall–Kier alpha value is -4.78. The lowest BCUT2D eigenvalue weighted by atomic mass is 9.92. The third-order valence-electron chi connectivity index (χ3n) is 11.6. The van der Waals surface area contributed by atoms with Gasteiger partial charge < -0.3 is 49.5 Å². The summed E-state index contributed by atoms with van der Waals surface area (Å²) >= 11 is 0. The van der Waals surface area contributed by atoms with Crippen LogP contribution >= 0.6 is 0 Å². The van der Waals surface area contributed by atoms with E-state index in [0.717, 1.165) is 49.8 Å². The SMILES string of the molecule is CCCCCCCCCCC(=O)N[C@H]1C(CC)OCC(NC(=O)Nc2cccc(C(F)(F)F)c2)[C@H]1O[C@H]1OC2COC(c3ccccc3)O[C@@H]2[C@H](O)C1OC(=O)Nc1cccc(C)c1. The number of anilines is 2. The van der Waals surface area contributed by atoms with Crippen LogP contribution in [0.2, 0.25) is 0 Å². The molecule has 64 heavy (non-hydrogen) atoms. The molecule has 3 aromatic carbocycles. The van der Waals surface area contributed by atoms with Crippen molar-refractivity contribution < 1.29 is 61.1 Å². The number of hydrogen-bond acceptors (Lipinski definition) is 10. The Balaban J connectivity index is 1.25. The Morgan fingerprint density at radius 1 is 0.781 bits per heavy atom. The largest absolute Gasteiger partial charge is 0.438 e. The number of carbonyl (C=O) groups is 3. The maximum Gasteiger partial charge on any atom is 0.416 e. The van der Waals surface area contributed by atoms with E-state index in [9.17, 15) is 32.7 Å². The first-order chi connectivity index (χ1) is 30.8. The molecule has 3 aliphatic rings. The molecule has 3 heterocycles. The van der Waals surface area contributed by atoms with Crippen molar-refractivity contribution in [3.8, 4) is 0 Å². The number of aliphatic hydroxyl groups excluding tert-OH is 1. The molecule has 3 aromatic rings. The van der Waals surface area contributed by atoms with Crippen molar-refractivity contribution >= 4 is 29.4 Å². The molecule has 6 rings (SSSR count). The summed E-state index contributed by atoms with van der Waals surface area (Å²) in [5, 5.41) is 23.0. The van der Waals surface area contributed by atoms with Gasteiger partial charge in [0.15, 0.2) is 18.7 Å². The number of ether oxygens (including phenoxy) is 6. The van der Waals surface area contributed by atoms with E-state index in [1.54, 1.807) is 18.2 Å². The molecule has 3 fully saturated rings. The number of benzene rings is 3. The summed E-state index contributed by atoms with van der Waals surface area (Å²) in [7, 11) is 0. The number of unbranched alkanes of at least 4 members (excludes halogenated alkanes) is 7. The van der Waals surface area contributed by atoms with Gasteiger partial charge in [0.25, 0.3) is 0 Å². The first kappa shape index (κ1) is 48.7. The molecule has 0 saturated carbocycles. The molecule has 0 radical (unpaired) electrons. The number of carbonyl (C=O) groups excluding carboxylic acids is 3. The van der Waals surface area contributed by atoms with E-state index in [1.165, 1.54) is 25.0 Å². The minimum Gasteiger partial charge on any atom is -0.438 e. The Morgan fingerprint density at radius 2 is 1.48 bits per heavy atom. The zero-order chi connectivity index (χ0) is 45.6. The fourth-order valence-electron chi connectivity index (χ4n) is 8.25. The number of hydrogen-bond donors (Lipinski definition) is 5. The highest BCUT2D eigenvalue weighted by atomic mass is 19.4. The molecule has 0 spiro atoms. The lowest BCUT2D eigenvalue weighted by Gasteiger charge is -2.49. The van der Waals surface area contributed by atoms with Crippen LogP contribution in [-0.2, 0) is 39.4 Å². The Bertz CT molecular complexity index is 1960. The second-order valence-corrected chi connectivity index (χ2v) is 16.6. The highest BCUT2D eigenvalue weighted by Gasteiger charge is 2.54. The Morgan fingerprint density at radius 3 is 2.19 bits per heavy atom. The van der Waals surface area contributed by atoms with Gasteiger partial charge in [0.05, 0.1) is 37.0 Å². The van der Waals surface area contributed by atoms with Gasteiger partial charge in [0.2, 0.25) is 5.91 Å². The predicted octanol–water partition coefficient (Wildman–Crippen LogP) is 8.53. The molecule has 17 heteroatoms. The van der Waals surface area contributed by atoms with Gasteiger partial charge in [-0.1, -0.05) is 107 Å². The quantitative estimate of drug-likeness (QED) is 0.0779. The van der Waals surface area contributed by atoms with Crippen LogP contribution in [0.4, 0.5) is 34.1 Å². The average molecular weight is 899 g/mol. The van der Waals surface area contributed by atoms with Crippen LogP contribution in [-0.4, -0.2) is 91.3 Å². The van der Waals surface area contributed by atoms with Gasteiger partial charge in [-0.25, -0.2) is 9.59 Å². The minimum atomic E-state index is -4.64. The van der Waals surface area contributed by atoms with Crippen molar-refractivity contribution in [2.45, 2.75) is 152 Å². The summed E-state index contributed by atoms with van der Waals surface area (Å²) in [6.45, 7) is 5.70. The predicted molar refractivity (Wildman–Crippen MR) is 231 cm³/mol. The number of nitrogens with one attached hydrogen (secondary N) is 4. The lowest BCUT2D eigenvalue weighted by molar-refractivity contribution is -0.368. The van der Waals surface area contributed by atoms with Crippen LogP contribution < -0.4 is 21.3 Å². The summed E-state index contributed by atoms with van der Waals surface area (Å²) in [6, 6.07) is 17.5. The molecule has 5 unspecified atom stereocenters. The van der Waals surface area contributed by atoms with Gasteiger partial charge in [-0.15, -0.1) is 0 Å². The molecule has 0 aromatic heterocycles. The maximum absolute atomic E-state index is 13.7. The van der Waals surface area contributed by atoms with Crippen LogP contribution in [0.3, 0.4) is 0 Å². The van der Waals surface area contributed by atoms with Crippen LogP contribution in [0, 0.1) is 6.92 Å². The van der Waals surface area contributed by atoms with Gasteiger partial charge in [-0.05, 0) is 55.7 Å². The fraction of sp³-hybridized carbons (Fsp3) is 0.553. The van der Waals surface area contributed by atoms with E-state index in [1.807, 2.05) is 50.2 Å². The second-order valence-electron chi connectivity index (χ2n) is 16.6. The number of halogens is 3. The molecule has 10 atom stereocenters. The molecule has 4 amide bonds. The lowest BCUT2D eigenvalue weighted by Crippen LogP contribution is -2.69. The first-order valence-corrected chi connectivity index (χ1v) is 22.3. The monoisotopic (exact) mass is 898 g/mol. The first-order valence-electron chi connectivity index (χ1n) is 22.3. The number of rotatable bonds is 18. The van der Waals surface area contributed by atoms with Crippen molar-refractivity contribution in [2.24, 2.45) is 0 Å². The van der Waals surface area contributed by atoms with Crippen LogP contribution in [0.25, 0.3) is 0 Å². The molecule has 0 aliphatic carbocycles. The number of aliphatic hydroxyl groups is 1. The fourth-order valence-corrected chi connectivity index (χ4v) is 8.25. The summed E-state index contributed by atoms with van der Waals surface area (Å²) < 4.78 is 78.1. The smallest absolute Gasteiger partial charge is 0.416 e. The number of fused-ring (bicyclic) bond motifs is 1. The molecule has 14 nitrogen and oxygen atoms in total. The van der Waals surface area contributed by atoms with E-state index >= 15 is 0 Å². The standard InChI is InChI=1S/C47H61F3N4O10/c1-4-6-7-8-9-10-11-15-24-37(55)54-38-35(5-2)59-27-34(53-45(57)51-33-23-17-21-31(26-33)47(48,49)50)40(38)62-44-42(64-46(58)52-32-22-16-18-29(3)25-32)39(56)41-36(61-44)28-60-43(63-41)30-19-13-12-14-20-30/h12-14,16-23,25-26,34-36,38-44,56H,4-11,15,24,27-28H2,1-3H3,(H,52,58)(H,54,55)(H2,51,53,57)/t34?,35?,36?,38-,39-,40+,41-,42?,43?,44+/m0/s1. The highest BCUT2D eigenvalue weighted by molar-refractivity contribution is 5.89. The third kappa shape index (κ3) is 13.6. The number of alkyl halides is 3. The van der Waals surface area contributed by atoms with Crippen molar-refractivity contribution in [3.05, 3.63) is 95.6 Å². The van der Waals surface area contributed by atoms with Crippen LogP contribution in [0.5, 0.6) is 0 Å². The number of aryl methyl sites for hydroxylation is 1. The molecule has 3 aliphatic heterocycles. The zero-order valence-electron chi connectivity index (χ0n) is 36.5. The van der Waals surface area contributed by atoms with Gasteiger partial charge in [0.1, 0.15) is 24.4 Å². The summed E-state index contributed by atoms with van der Waals surface area (Å²) in [6.07, 6.45) is -5.87. The summed E-state index contributed by atoms with van der Waals surface area (Å²) in [5.41, 5.74) is 0.932. The van der Waals surface area contributed by atoms with Crippen molar-refractivity contribution in [1.29, 1.82) is 0 Å². The normalized spacial score (nSPS) is 26.9. The summed E-state index contributed by atoms with van der Waals surface area (Å²) in [5.74, 6) is -0.281. The molecule has 3 saturated heterocycles. The van der Waals surface area contributed by atoms with Crippen LogP contribution in [0.15, 0.2) is 78.9 Å². The summed E-state index contributed by atoms with van der Waals surface area (Å²) in [4.78, 5) is 40.8. The highest BCUT2D eigenvalue weighted by Crippen LogP contribution is 2.37. The van der Waals surface area contributed by atoms with Crippen molar-refractivity contribution in [1.82, 2.24) is 10.6 Å². The average Bonchev–Trinajstić information content (AvgIpc) is 3.27. The molecule has 350 valence electrons. The maximum atomic E-state index is 13.7. The third-order valence-corrected chi connectivity index (χ3v) is 11.6. The van der Waals surface area contributed by atoms with Gasteiger partial charge in [0, 0.05) is 23.4 Å². The number of urea groups is 1. The molecular weight excluding hydrogens is 838 g/mol. The van der Waals surface area contributed by atoms with Crippen LogP contribution in [0.1, 0.15) is 101 Å². The Kier molecular flexibility index (Phi) is 17.8. The van der Waals surface area contributed by atoms with Gasteiger partial charge >= 0.3 is 18.3 Å². The number of amides is 4. The van der Waals surface area contributed by atoms with Gasteiger partial charge in [-0.3, -0.25) is 10.1 Å². The van der Waals surface area contributed by atoms with Gasteiger partial charge in [-0.2, -0.15) is 13.2 Å². The topological polar surface area (TPSA) is 175 Å². The van der Waals surface area contributed by atoms with E-state index in [4.69, 9.17) is 28.4 Å². The second kappa shape index (κ2) is 23.4. The van der Waals surface area contributed by atoms with E-state index in [0.29, 0.717) is 24.1 Å². The molecular formula is C47H61F3N4O10. The van der Waals surface area contributed by atoms with Crippen molar-refractivity contribution in [2.75, 3.05) is 23.8 Å². The molecule has 0 bridgehead atoms. The van der Waals surface area contributed by atoms with Crippen molar-refractivity contribution in [3.63, 3.8) is 0 Å². The zero-order valence-corrected chi connectivity index (χ0v) is 36.5. The minimum absolute atomic E-state index is 0.0471. The Labute approximate surface area is 372 Å². The molecule has 5 N–H and O–H groups in total. The van der Waals surface area contributed by atoms with E-state index in [2.05, 4.69) is 28.2 Å².